The summed E-state index contributed by atoms with van der Waals surface area (Å²) in [6, 6.07) is 0. The summed E-state index contributed by atoms with van der Waals surface area (Å²) >= 11 is 0. The molecule has 6 aliphatic rings. The van der Waals surface area contributed by atoms with E-state index < -0.39 is 46.5 Å². The molecule has 0 amide bonds. The Bertz CT molecular complexity index is 1110. The van der Waals surface area contributed by atoms with Gasteiger partial charge in [-0.1, -0.05) is 25.0 Å². The number of ether oxygens (including phenoxy) is 3. The molecule has 2 saturated heterocycles. The third-order valence-corrected chi connectivity index (χ3v) is 11.1. The minimum absolute atomic E-state index is 0.0343. The highest BCUT2D eigenvalue weighted by Gasteiger charge is 2.72. The zero-order valence-electron chi connectivity index (χ0n) is 22.5. The first-order valence-electron chi connectivity index (χ1n) is 13.8. The monoisotopic (exact) mass is 516 g/mol. The van der Waals surface area contributed by atoms with Crippen molar-refractivity contribution in [2.75, 3.05) is 0 Å². The molecule has 2 saturated carbocycles. The number of aliphatic hydroxyl groups is 3. The molecule has 0 aromatic heterocycles. The first kappa shape index (κ1) is 25.5. The summed E-state index contributed by atoms with van der Waals surface area (Å²) in [7, 11) is 0. The number of esters is 2. The highest BCUT2D eigenvalue weighted by atomic mass is 16.6. The molecule has 3 aliphatic heterocycles. The molecular formula is C29H40O8. The minimum atomic E-state index is -1.11. The molecule has 1 spiro atoms. The normalized spacial score (nSPS) is 47.8. The van der Waals surface area contributed by atoms with Crippen molar-refractivity contribution in [1.82, 2.24) is 0 Å². The van der Waals surface area contributed by atoms with Gasteiger partial charge in [0.2, 0.25) is 0 Å². The van der Waals surface area contributed by atoms with Crippen LogP contribution in [-0.2, 0) is 23.8 Å². The maximum atomic E-state index is 12.4. The van der Waals surface area contributed by atoms with Crippen LogP contribution in [0.15, 0.2) is 22.8 Å². The largest absolute Gasteiger partial charge is 0.456 e. The van der Waals surface area contributed by atoms with Crippen LogP contribution in [0.1, 0.15) is 79.6 Å². The lowest BCUT2D eigenvalue weighted by Crippen LogP contribution is -2.57. The van der Waals surface area contributed by atoms with Gasteiger partial charge in [0.25, 0.3) is 0 Å². The van der Waals surface area contributed by atoms with Gasteiger partial charge in [-0.05, 0) is 64.9 Å². The topological polar surface area (TPSA) is 123 Å². The molecule has 10 atom stereocenters. The molecular weight excluding hydrogens is 476 g/mol. The Morgan fingerprint density at radius 1 is 1.11 bits per heavy atom. The second-order valence-electron chi connectivity index (χ2n) is 13.3. The summed E-state index contributed by atoms with van der Waals surface area (Å²) in [5, 5.41) is 35.0. The maximum Gasteiger partial charge on any atom is 0.334 e. The van der Waals surface area contributed by atoms with Gasteiger partial charge in [0.05, 0.1) is 23.7 Å². The van der Waals surface area contributed by atoms with E-state index in [1.807, 2.05) is 6.92 Å². The lowest BCUT2D eigenvalue weighted by molar-refractivity contribution is -0.170. The van der Waals surface area contributed by atoms with E-state index in [4.69, 9.17) is 14.2 Å². The maximum absolute atomic E-state index is 12.4. The van der Waals surface area contributed by atoms with Crippen molar-refractivity contribution in [1.29, 1.82) is 0 Å². The summed E-state index contributed by atoms with van der Waals surface area (Å²) in [6.45, 7) is 9.77. The molecule has 0 radical (unpaired) electrons. The van der Waals surface area contributed by atoms with Gasteiger partial charge >= 0.3 is 11.9 Å². The number of carbonyl (C=O) groups excluding carboxylic acids is 2. The minimum Gasteiger partial charge on any atom is -0.456 e. The van der Waals surface area contributed by atoms with Crippen molar-refractivity contribution in [2.45, 2.75) is 121 Å². The van der Waals surface area contributed by atoms with Gasteiger partial charge in [-0.15, -0.1) is 0 Å². The number of carbonyl (C=O) groups is 2. The predicted molar refractivity (Wildman–Crippen MR) is 132 cm³/mol. The van der Waals surface area contributed by atoms with Crippen molar-refractivity contribution in [3.8, 4) is 0 Å². The van der Waals surface area contributed by atoms with Crippen molar-refractivity contribution in [3.05, 3.63) is 22.8 Å². The van der Waals surface area contributed by atoms with Crippen LogP contribution < -0.4 is 0 Å². The summed E-state index contributed by atoms with van der Waals surface area (Å²) in [5.41, 5.74) is -0.466. The number of aliphatic hydroxyl groups excluding tert-OH is 2. The smallest absolute Gasteiger partial charge is 0.334 e. The first-order chi connectivity index (χ1) is 17.2. The molecule has 0 unspecified atom stereocenters. The van der Waals surface area contributed by atoms with Gasteiger partial charge in [0, 0.05) is 29.2 Å². The molecule has 37 heavy (non-hydrogen) atoms. The van der Waals surface area contributed by atoms with Gasteiger partial charge in [-0.25, -0.2) is 4.79 Å². The first-order valence-corrected chi connectivity index (χ1v) is 13.8. The molecule has 0 aromatic carbocycles. The van der Waals surface area contributed by atoms with Crippen LogP contribution in [-0.4, -0.2) is 68.5 Å². The molecule has 0 bridgehead atoms. The molecule has 6 rings (SSSR count). The van der Waals surface area contributed by atoms with E-state index in [1.165, 1.54) is 0 Å². The molecule has 3 aliphatic carbocycles. The van der Waals surface area contributed by atoms with Gasteiger partial charge in [-0.3, -0.25) is 4.79 Å². The van der Waals surface area contributed by atoms with Gasteiger partial charge < -0.3 is 29.5 Å². The van der Waals surface area contributed by atoms with E-state index in [1.54, 1.807) is 13.0 Å². The van der Waals surface area contributed by atoms with Crippen LogP contribution in [0.3, 0.4) is 0 Å². The van der Waals surface area contributed by atoms with E-state index in [0.717, 1.165) is 17.6 Å². The average Bonchev–Trinajstić information content (AvgIpc) is 3.40. The molecule has 4 fully saturated rings. The number of hydrogen-bond donors (Lipinski definition) is 3. The fourth-order valence-corrected chi connectivity index (χ4v) is 9.30. The second-order valence-corrected chi connectivity index (χ2v) is 13.3. The van der Waals surface area contributed by atoms with Gasteiger partial charge in [0.15, 0.2) is 0 Å². The Morgan fingerprint density at radius 2 is 1.81 bits per heavy atom. The summed E-state index contributed by atoms with van der Waals surface area (Å²) in [5.74, 6) is -1.24. The number of hydrogen-bond acceptors (Lipinski definition) is 8. The quantitative estimate of drug-likeness (QED) is 0.387. The van der Waals surface area contributed by atoms with Crippen LogP contribution in [0.4, 0.5) is 0 Å². The Labute approximate surface area is 218 Å². The predicted octanol–water partition coefficient (Wildman–Crippen LogP) is 2.73. The Morgan fingerprint density at radius 3 is 2.49 bits per heavy atom. The lowest BCUT2D eigenvalue weighted by atomic mass is 9.55. The van der Waals surface area contributed by atoms with Crippen molar-refractivity contribution in [2.24, 2.45) is 23.2 Å². The van der Waals surface area contributed by atoms with Crippen LogP contribution in [0.5, 0.6) is 0 Å². The fraction of sp³-hybridized carbons (Fsp3) is 0.793. The van der Waals surface area contributed by atoms with Crippen LogP contribution in [0.2, 0.25) is 0 Å². The van der Waals surface area contributed by atoms with Gasteiger partial charge in [0.1, 0.15) is 23.9 Å². The van der Waals surface area contributed by atoms with E-state index in [0.29, 0.717) is 37.7 Å². The van der Waals surface area contributed by atoms with Crippen LogP contribution in [0.25, 0.3) is 0 Å². The van der Waals surface area contributed by atoms with Crippen LogP contribution >= 0.6 is 0 Å². The fourth-order valence-electron chi connectivity index (χ4n) is 9.30. The molecule has 3 N–H and O–H groups in total. The average molecular weight is 517 g/mol. The van der Waals surface area contributed by atoms with Crippen molar-refractivity contribution in [3.63, 3.8) is 0 Å². The van der Waals surface area contributed by atoms with Crippen molar-refractivity contribution < 1.29 is 39.1 Å². The van der Waals surface area contributed by atoms with E-state index >= 15 is 0 Å². The molecule has 204 valence electrons. The van der Waals surface area contributed by atoms with E-state index in [9.17, 15) is 24.9 Å². The Hall–Kier alpha value is -1.74. The van der Waals surface area contributed by atoms with E-state index in [-0.39, 0.29) is 36.2 Å². The molecule has 0 aromatic rings. The Balaban J connectivity index is 1.35. The second kappa shape index (κ2) is 7.90. The van der Waals surface area contributed by atoms with Crippen LogP contribution in [0, 0.1) is 23.2 Å². The zero-order chi connectivity index (χ0) is 26.7. The Kier molecular flexibility index (Phi) is 5.45. The SMILES string of the molecule is CC1=C[C@H]([C@H](O)[C@H](C)C2=C3CC[C@]4(O)C[C@]56OC(=O)C[C@H]5OC(C)(C)[C@@H]6CC[C@H]4[C@@]3(C)[C@@H](O)C2)OC1=O. The summed E-state index contributed by atoms with van der Waals surface area (Å²) in [6.07, 6.45) is 2.45. The highest BCUT2D eigenvalue weighted by molar-refractivity contribution is 5.90. The third kappa shape index (κ3) is 3.34. The summed E-state index contributed by atoms with van der Waals surface area (Å²) in [4.78, 5) is 24.3. The third-order valence-electron chi connectivity index (χ3n) is 11.1. The van der Waals surface area contributed by atoms with Crippen molar-refractivity contribution >= 4 is 11.9 Å². The molecule has 3 heterocycles. The lowest BCUT2D eigenvalue weighted by Gasteiger charge is -2.53. The molecule has 8 heteroatoms. The zero-order valence-corrected chi connectivity index (χ0v) is 22.5. The molecule has 8 nitrogen and oxygen atoms in total. The standard InChI is InChI=1S/C29H40O8/c1-14-10-18(35-25(14)33)24(32)15(2)16-11-21(30)27(5)17(16)8-9-28(34)13-29-19(6-7-20(27)28)26(3,4)36-22(29)12-23(31)37-29/h10,15,18-22,24,30,32,34H,6-9,11-13H2,1-5H3/t15-,18-,19+,20+,21+,22-,24-,27+,28+,29-/m1/s1. The summed E-state index contributed by atoms with van der Waals surface area (Å²) < 4.78 is 17.8. The number of fused-ring (bicyclic) bond motifs is 3. The number of rotatable bonds is 3. The highest BCUT2D eigenvalue weighted by Crippen LogP contribution is 2.66. The van der Waals surface area contributed by atoms with Gasteiger partial charge in [-0.2, -0.15) is 0 Å². The number of cyclic esters (lactones) is 1. The van der Waals surface area contributed by atoms with E-state index in [2.05, 4.69) is 20.8 Å².